The normalized spacial score (nSPS) is 10.2. The van der Waals surface area contributed by atoms with Crippen molar-refractivity contribution in [3.63, 3.8) is 0 Å². The zero-order valence-electron chi connectivity index (χ0n) is 4.69. The Labute approximate surface area is 56.5 Å². The van der Waals surface area contributed by atoms with Crippen molar-refractivity contribution >= 4 is 17.0 Å². The first-order chi connectivity index (χ1) is 4.47. The summed E-state index contributed by atoms with van der Waals surface area (Å²) in [4.78, 5) is 0. The fraction of sp³-hybridized carbons (Fsp3) is 0. The molecule has 0 aliphatic heterocycles. The van der Waals surface area contributed by atoms with Crippen LogP contribution in [0.3, 0.4) is 0 Å². The lowest BCUT2D eigenvalue weighted by molar-refractivity contribution is -0.571. The van der Waals surface area contributed by atoms with Gasteiger partial charge in [-0.05, 0) is 10.6 Å². The van der Waals surface area contributed by atoms with Crippen molar-refractivity contribution in [3.8, 4) is 0 Å². The van der Waals surface area contributed by atoms with Gasteiger partial charge in [-0.1, -0.05) is 0 Å². The highest BCUT2D eigenvalue weighted by molar-refractivity contribution is 7.03. The zero-order valence-corrected chi connectivity index (χ0v) is 5.51. The lowest BCUT2D eigenvalue weighted by atomic mass is 10.4. The molecule has 2 nitrogen and oxygen atoms in total. The van der Waals surface area contributed by atoms with Gasteiger partial charge in [0.2, 0.25) is 6.20 Å². The molecule has 2 rings (SSSR count). The van der Waals surface area contributed by atoms with Gasteiger partial charge >= 0.3 is 0 Å². The molecular formula is C6H5N2S+. The van der Waals surface area contributed by atoms with Crippen molar-refractivity contribution in [1.82, 2.24) is 4.49 Å². The minimum atomic E-state index is 1.16. The summed E-state index contributed by atoms with van der Waals surface area (Å²) in [6, 6.07) is 6.00. The number of nitrogens with zero attached hydrogens (tertiary/aromatic N) is 2. The summed E-state index contributed by atoms with van der Waals surface area (Å²) >= 11 is 1.47. The first-order valence-electron chi connectivity index (χ1n) is 2.68. The van der Waals surface area contributed by atoms with Gasteiger partial charge in [-0.25, -0.2) is 0 Å². The maximum absolute atomic E-state index is 4.08. The van der Waals surface area contributed by atoms with E-state index in [2.05, 4.69) is 4.49 Å². The van der Waals surface area contributed by atoms with Crippen molar-refractivity contribution in [3.05, 3.63) is 29.8 Å². The van der Waals surface area contributed by atoms with Crippen LogP contribution in [-0.4, -0.2) is 4.49 Å². The highest BCUT2D eigenvalue weighted by Crippen LogP contribution is 1.95. The smallest absolute Gasteiger partial charge is 0.0495 e. The summed E-state index contributed by atoms with van der Waals surface area (Å²) in [5.74, 6) is 0. The average Bonchev–Trinajstić information content (AvgIpc) is 2.33. The standard InChI is InChI=1S/C6H5N2S/c1-2-4-8-6(3-1)5-9-7-8/h1-5H/q+1. The molecule has 0 saturated heterocycles. The number of hydrogen-bond donors (Lipinski definition) is 0. The number of rotatable bonds is 0. The largest absolute Gasteiger partial charge is 0.250 e. The van der Waals surface area contributed by atoms with E-state index in [1.807, 2.05) is 34.3 Å². The zero-order chi connectivity index (χ0) is 6.10. The molecular weight excluding hydrogens is 132 g/mol. The Morgan fingerprint density at radius 1 is 1.44 bits per heavy atom. The van der Waals surface area contributed by atoms with Crippen LogP contribution in [0.15, 0.2) is 29.8 Å². The van der Waals surface area contributed by atoms with E-state index >= 15 is 0 Å². The van der Waals surface area contributed by atoms with Crippen LogP contribution < -0.4 is 4.52 Å². The SMILES string of the molecule is c1cc[n+]2nscc2c1. The monoisotopic (exact) mass is 137 g/mol. The molecule has 0 radical (unpaired) electrons. The van der Waals surface area contributed by atoms with Crippen LogP contribution in [0, 0.1) is 0 Å². The molecule has 0 aliphatic rings. The van der Waals surface area contributed by atoms with Crippen LogP contribution in [0.4, 0.5) is 0 Å². The summed E-state index contributed by atoms with van der Waals surface area (Å²) in [6.45, 7) is 0. The van der Waals surface area contributed by atoms with E-state index in [-0.39, 0.29) is 0 Å². The highest BCUT2D eigenvalue weighted by atomic mass is 32.1. The third-order valence-electron chi connectivity index (χ3n) is 1.18. The third-order valence-corrected chi connectivity index (χ3v) is 1.80. The van der Waals surface area contributed by atoms with E-state index in [0.29, 0.717) is 0 Å². The molecule has 0 amide bonds. The molecule has 44 valence electrons. The summed E-state index contributed by atoms with van der Waals surface area (Å²) in [6.07, 6.45) is 1.94. The molecule has 0 atom stereocenters. The van der Waals surface area contributed by atoms with Gasteiger partial charge in [0, 0.05) is 23.7 Å². The van der Waals surface area contributed by atoms with Crippen LogP contribution in [0.1, 0.15) is 0 Å². The summed E-state index contributed by atoms with van der Waals surface area (Å²) in [5.41, 5.74) is 1.16. The minimum Gasteiger partial charge on any atom is -0.0495 e. The van der Waals surface area contributed by atoms with Crippen LogP contribution in [0.5, 0.6) is 0 Å². The molecule has 2 aromatic heterocycles. The van der Waals surface area contributed by atoms with Crippen LogP contribution >= 0.6 is 11.5 Å². The quantitative estimate of drug-likeness (QED) is 0.493. The lowest BCUT2D eigenvalue weighted by Crippen LogP contribution is -2.20. The molecule has 2 heterocycles. The predicted molar refractivity (Wildman–Crippen MR) is 35.3 cm³/mol. The predicted octanol–water partition coefficient (Wildman–Crippen LogP) is 0.882. The molecule has 2 aromatic rings. The van der Waals surface area contributed by atoms with Gasteiger partial charge in [-0.15, -0.1) is 0 Å². The van der Waals surface area contributed by atoms with Crippen molar-refractivity contribution in [2.45, 2.75) is 0 Å². The minimum absolute atomic E-state index is 1.16. The Kier molecular flexibility index (Phi) is 0.960. The fourth-order valence-corrected chi connectivity index (χ4v) is 1.34. The summed E-state index contributed by atoms with van der Waals surface area (Å²) in [7, 11) is 0. The second-order valence-corrected chi connectivity index (χ2v) is 2.38. The number of pyridine rings is 1. The van der Waals surface area contributed by atoms with E-state index in [4.69, 9.17) is 0 Å². The first-order valence-corrected chi connectivity index (χ1v) is 3.51. The molecule has 0 N–H and O–H groups in total. The third kappa shape index (κ3) is 0.695. The van der Waals surface area contributed by atoms with Crippen LogP contribution in [0.2, 0.25) is 0 Å². The van der Waals surface area contributed by atoms with Gasteiger partial charge in [0.15, 0.2) is 0 Å². The molecule has 9 heavy (non-hydrogen) atoms. The van der Waals surface area contributed by atoms with Gasteiger partial charge < -0.3 is 0 Å². The maximum atomic E-state index is 4.08. The van der Waals surface area contributed by atoms with E-state index in [1.54, 1.807) is 0 Å². The Morgan fingerprint density at radius 3 is 3.33 bits per heavy atom. The van der Waals surface area contributed by atoms with E-state index in [0.717, 1.165) is 5.52 Å². The Balaban J connectivity index is 2.95. The van der Waals surface area contributed by atoms with Crippen molar-refractivity contribution in [1.29, 1.82) is 0 Å². The van der Waals surface area contributed by atoms with Crippen molar-refractivity contribution < 1.29 is 4.52 Å². The fourth-order valence-electron chi connectivity index (χ4n) is 0.744. The number of aromatic nitrogens is 2. The van der Waals surface area contributed by atoms with Gasteiger partial charge in [-0.2, -0.15) is 0 Å². The average molecular weight is 137 g/mol. The van der Waals surface area contributed by atoms with Crippen LogP contribution in [0.25, 0.3) is 5.52 Å². The van der Waals surface area contributed by atoms with Crippen molar-refractivity contribution in [2.24, 2.45) is 0 Å². The van der Waals surface area contributed by atoms with Crippen molar-refractivity contribution in [2.75, 3.05) is 0 Å². The van der Waals surface area contributed by atoms with Crippen LogP contribution in [-0.2, 0) is 0 Å². The Hall–Kier alpha value is -0.960. The number of fused-ring (bicyclic) bond motifs is 1. The molecule has 0 saturated carbocycles. The van der Waals surface area contributed by atoms with Gasteiger partial charge in [-0.3, -0.25) is 0 Å². The molecule has 0 fully saturated rings. The van der Waals surface area contributed by atoms with Gasteiger partial charge in [0.25, 0.3) is 5.52 Å². The molecule has 0 spiro atoms. The lowest BCUT2D eigenvalue weighted by Gasteiger charge is -1.72. The topological polar surface area (TPSA) is 17.0 Å². The van der Waals surface area contributed by atoms with E-state index in [1.165, 1.54) is 11.5 Å². The van der Waals surface area contributed by atoms with Gasteiger partial charge in [0.05, 0.1) is 9.87 Å². The molecule has 0 aromatic carbocycles. The van der Waals surface area contributed by atoms with E-state index in [9.17, 15) is 0 Å². The maximum Gasteiger partial charge on any atom is 0.250 e. The molecule has 0 unspecified atom stereocenters. The summed E-state index contributed by atoms with van der Waals surface area (Å²) in [5, 5.41) is 2.01. The molecule has 3 heteroatoms. The highest BCUT2D eigenvalue weighted by Gasteiger charge is 1.99. The van der Waals surface area contributed by atoms with Gasteiger partial charge in [0.1, 0.15) is 0 Å². The first kappa shape index (κ1) is 4.88. The molecule has 0 bridgehead atoms. The second-order valence-electron chi connectivity index (χ2n) is 1.77. The Morgan fingerprint density at radius 2 is 2.44 bits per heavy atom. The summed E-state index contributed by atoms with van der Waals surface area (Å²) < 4.78 is 5.93. The number of hydrogen-bond acceptors (Lipinski definition) is 2. The second kappa shape index (κ2) is 1.77. The van der Waals surface area contributed by atoms with E-state index < -0.39 is 0 Å². The molecule has 0 aliphatic carbocycles. The Bertz CT molecular complexity index is 285.